The van der Waals surface area contributed by atoms with Gasteiger partial charge in [0.1, 0.15) is 5.75 Å². The molecule has 0 N–H and O–H groups in total. The first-order valence-corrected chi connectivity index (χ1v) is 5.08. The summed E-state index contributed by atoms with van der Waals surface area (Å²) in [6, 6.07) is 8.59. The van der Waals surface area contributed by atoms with Gasteiger partial charge in [0.2, 0.25) is 0 Å². The second kappa shape index (κ2) is 3.31. The van der Waals surface area contributed by atoms with Crippen molar-refractivity contribution in [2.24, 2.45) is 0 Å². The first kappa shape index (κ1) is 9.84. The molecule has 0 aliphatic carbocycles. The fraction of sp³-hybridized carbons (Fsp3) is 0.0769. The minimum absolute atomic E-state index is 0.370. The van der Waals surface area contributed by atoms with Gasteiger partial charge in [0.15, 0.2) is 0 Å². The second-order valence-electron chi connectivity index (χ2n) is 3.76. The Hall–Kier alpha value is -2.36. The summed E-state index contributed by atoms with van der Waals surface area (Å²) in [5, 5.41) is 1.43. The Morgan fingerprint density at radius 3 is 2.59 bits per heavy atom. The van der Waals surface area contributed by atoms with Gasteiger partial charge in [-0.05, 0) is 23.6 Å². The quantitative estimate of drug-likeness (QED) is 0.554. The molecule has 0 radical (unpaired) electrons. The van der Waals surface area contributed by atoms with E-state index in [1.807, 2.05) is 6.07 Å². The number of hydrogen-bond donors (Lipinski definition) is 0. The molecule has 84 valence electrons. The molecule has 1 heterocycles. The molecule has 4 nitrogen and oxygen atoms in total. The fourth-order valence-electron chi connectivity index (χ4n) is 2.04. The van der Waals surface area contributed by atoms with Crippen molar-refractivity contribution in [2.45, 2.75) is 0 Å². The van der Waals surface area contributed by atoms with Crippen molar-refractivity contribution in [3.63, 3.8) is 0 Å². The lowest BCUT2D eigenvalue weighted by molar-refractivity contribution is 0.0391. The van der Waals surface area contributed by atoms with Gasteiger partial charge in [-0.15, -0.1) is 0 Å². The Kier molecular flexibility index (Phi) is 1.92. The maximum atomic E-state index is 11.7. The number of carbonyl (C=O) groups is 2. The average Bonchev–Trinajstić information content (AvgIpc) is 2.35. The second-order valence-corrected chi connectivity index (χ2v) is 3.76. The number of rotatable bonds is 1. The van der Waals surface area contributed by atoms with Crippen molar-refractivity contribution in [3.05, 3.63) is 41.5 Å². The van der Waals surface area contributed by atoms with Crippen molar-refractivity contribution in [1.82, 2.24) is 0 Å². The van der Waals surface area contributed by atoms with E-state index in [-0.39, 0.29) is 0 Å². The standard InChI is InChI=1S/C13H8O4/c1-16-8-5-7-3-2-4-9-11(7)10(6-8)13(15)17-12(9)14/h2-6H,1H3. The topological polar surface area (TPSA) is 52.6 Å². The van der Waals surface area contributed by atoms with Crippen LogP contribution >= 0.6 is 0 Å². The van der Waals surface area contributed by atoms with Gasteiger partial charge in [0.25, 0.3) is 0 Å². The average molecular weight is 228 g/mol. The minimum Gasteiger partial charge on any atom is -0.497 e. The van der Waals surface area contributed by atoms with Gasteiger partial charge in [0.05, 0.1) is 18.2 Å². The highest BCUT2D eigenvalue weighted by Crippen LogP contribution is 2.32. The van der Waals surface area contributed by atoms with E-state index in [4.69, 9.17) is 4.74 Å². The van der Waals surface area contributed by atoms with Gasteiger partial charge >= 0.3 is 11.9 Å². The highest BCUT2D eigenvalue weighted by atomic mass is 16.6. The van der Waals surface area contributed by atoms with Crippen LogP contribution in [0.25, 0.3) is 10.8 Å². The molecule has 0 saturated carbocycles. The third-order valence-electron chi connectivity index (χ3n) is 2.81. The molecular weight excluding hydrogens is 220 g/mol. The van der Waals surface area contributed by atoms with Gasteiger partial charge in [-0.25, -0.2) is 9.59 Å². The molecular formula is C13H8O4. The summed E-state index contributed by atoms with van der Waals surface area (Å²) in [5.41, 5.74) is 0.786. The van der Waals surface area contributed by atoms with Crippen LogP contribution in [-0.2, 0) is 4.74 Å². The van der Waals surface area contributed by atoms with Crippen LogP contribution in [0, 0.1) is 0 Å². The van der Waals surface area contributed by atoms with Crippen molar-refractivity contribution in [1.29, 1.82) is 0 Å². The summed E-state index contributed by atoms with van der Waals surface area (Å²) in [6.07, 6.45) is 0. The lowest BCUT2D eigenvalue weighted by Crippen LogP contribution is -2.19. The summed E-state index contributed by atoms with van der Waals surface area (Å²) in [5.74, 6) is -0.660. The monoisotopic (exact) mass is 228 g/mol. The first-order valence-electron chi connectivity index (χ1n) is 5.08. The summed E-state index contributed by atoms with van der Waals surface area (Å²) < 4.78 is 9.78. The lowest BCUT2D eigenvalue weighted by atomic mass is 9.97. The Bertz CT molecular complexity index is 658. The molecule has 0 aromatic heterocycles. The van der Waals surface area contributed by atoms with E-state index in [0.717, 1.165) is 5.39 Å². The lowest BCUT2D eigenvalue weighted by Gasteiger charge is -2.16. The molecule has 0 spiro atoms. The van der Waals surface area contributed by atoms with Crippen LogP contribution in [0.1, 0.15) is 20.7 Å². The van der Waals surface area contributed by atoms with Crippen LogP contribution < -0.4 is 4.74 Å². The van der Waals surface area contributed by atoms with Crippen LogP contribution in [0.5, 0.6) is 5.75 Å². The first-order chi connectivity index (χ1) is 8.20. The Morgan fingerprint density at radius 2 is 1.82 bits per heavy atom. The van der Waals surface area contributed by atoms with Crippen molar-refractivity contribution < 1.29 is 19.1 Å². The molecule has 4 heteroatoms. The summed E-state index contributed by atoms with van der Waals surface area (Å²) in [6.45, 7) is 0. The van der Waals surface area contributed by atoms with Gasteiger partial charge in [-0.1, -0.05) is 12.1 Å². The van der Waals surface area contributed by atoms with E-state index in [1.54, 1.807) is 24.3 Å². The molecule has 0 saturated heterocycles. The van der Waals surface area contributed by atoms with Gasteiger partial charge in [-0.3, -0.25) is 0 Å². The van der Waals surface area contributed by atoms with E-state index in [9.17, 15) is 9.59 Å². The third-order valence-corrected chi connectivity index (χ3v) is 2.81. The minimum atomic E-state index is -0.627. The highest BCUT2D eigenvalue weighted by Gasteiger charge is 2.27. The molecule has 2 aromatic carbocycles. The molecule has 1 aliphatic rings. The van der Waals surface area contributed by atoms with Crippen LogP contribution in [0.4, 0.5) is 0 Å². The van der Waals surface area contributed by atoms with E-state index in [2.05, 4.69) is 4.74 Å². The number of benzene rings is 2. The molecule has 17 heavy (non-hydrogen) atoms. The van der Waals surface area contributed by atoms with Crippen LogP contribution in [0.3, 0.4) is 0 Å². The van der Waals surface area contributed by atoms with E-state index in [1.165, 1.54) is 7.11 Å². The molecule has 0 unspecified atom stereocenters. The highest BCUT2D eigenvalue weighted by molar-refractivity contribution is 6.21. The molecule has 0 amide bonds. The summed E-state index contributed by atoms with van der Waals surface area (Å²) in [7, 11) is 1.52. The summed E-state index contributed by atoms with van der Waals surface area (Å²) >= 11 is 0. The zero-order chi connectivity index (χ0) is 12.0. The Balaban J connectivity index is 2.48. The molecule has 3 rings (SSSR count). The SMILES string of the molecule is COc1cc2c3c(cccc3c1)C(=O)OC2=O. The van der Waals surface area contributed by atoms with Gasteiger partial charge < -0.3 is 9.47 Å². The number of carbonyl (C=O) groups excluding carboxylic acids is 2. The normalized spacial score (nSPS) is 13.7. The zero-order valence-corrected chi connectivity index (χ0v) is 9.02. The number of esters is 2. The van der Waals surface area contributed by atoms with Gasteiger partial charge in [0, 0.05) is 5.39 Å². The predicted molar refractivity (Wildman–Crippen MR) is 60.2 cm³/mol. The van der Waals surface area contributed by atoms with E-state index in [0.29, 0.717) is 22.3 Å². The number of methoxy groups -OCH3 is 1. The predicted octanol–water partition coefficient (Wildman–Crippen LogP) is 2.16. The number of cyclic esters (lactones) is 2. The Morgan fingerprint density at radius 1 is 1.06 bits per heavy atom. The smallest absolute Gasteiger partial charge is 0.346 e. The Labute approximate surface area is 96.8 Å². The molecule has 0 fully saturated rings. The van der Waals surface area contributed by atoms with Crippen LogP contribution in [0.2, 0.25) is 0 Å². The molecule has 1 aliphatic heterocycles. The largest absolute Gasteiger partial charge is 0.497 e. The number of ether oxygens (including phenoxy) is 2. The maximum absolute atomic E-state index is 11.7. The van der Waals surface area contributed by atoms with E-state index < -0.39 is 11.9 Å². The van der Waals surface area contributed by atoms with Crippen LogP contribution in [-0.4, -0.2) is 19.0 Å². The fourth-order valence-corrected chi connectivity index (χ4v) is 2.04. The summed E-state index contributed by atoms with van der Waals surface area (Å²) in [4.78, 5) is 23.2. The van der Waals surface area contributed by atoms with Crippen molar-refractivity contribution in [3.8, 4) is 5.75 Å². The number of hydrogen-bond acceptors (Lipinski definition) is 4. The zero-order valence-electron chi connectivity index (χ0n) is 9.02. The molecule has 2 aromatic rings. The van der Waals surface area contributed by atoms with Crippen molar-refractivity contribution >= 4 is 22.7 Å². The third kappa shape index (κ3) is 1.30. The maximum Gasteiger partial charge on any atom is 0.346 e. The van der Waals surface area contributed by atoms with Crippen LogP contribution in [0.15, 0.2) is 30.3 Å². The molecule has 0 atom stereocenters. The van der Waals surface area contributed by atoms with E-state index >= 15 is 0 Å². The van der Waals surface area contributed by atoms with Gasteiger partial charge in [-0.2, -0.15) is 0 Å². The molecule has 0 bridgehead atoms. The van der Waals surface area contributed by atoms with Crippen molar-refractivity contribution in [2.75, 3.05) is 7.11 Å².